The predicted molar refractivity (Wildman–Crippen MR) is 60.8 cm³/mol. The average molecular weight is 200 g/mol. The van der Waals surface area contributed by atoms with Crippen molar-refractivity contribution in [1.29, 1.82) is 0 Å². The minimum Gasteiger partial charge on any atom is -0.366 e. The molecule has 0 radical (unpaired) electrons. The highest BCUT2D eigenvalue weighted by molar-refractivity contribution is 7.80. The molecule has 76 valence electrons. The van der Waals surface area contributed by atoms with Gasteiger partial charge in [0.05, 0.1) is 0 Å². The van der Waals surface area contributed by atoms with E-state index in [0.717, 1.165) is 23.5 Å². The summed E-state index contributed by atoms with van der Waals surface area (Å²) in [5, 5.41) is 6.95. The molecule has 3 heteroatoms. The molecular formula is C10H20N2S. The van der Waals surface area contributed by atoms with Gasteiger partial charge >= 0.3 is 0 Å². The van der Waals surface area contributed by atoms with E-state index < -0.39 is 0 Å². The summed E-state index contributed by atoms with van der Waals surface area (Å²) in [6, 6.07) is 0. The summed E-state index contributed by atoms with van der Waals surface area (Å²) in [5.74, 6) is 1.77. The fraction of sp³-hybridized carbons (Fsp3) is 0.900. The fourth-order valence-corrected chi connectivity index (χ4v) is 1.94. The van der Waals surface area contributed by atoms with Crippen LogP contribution in [0.4, 0.5) is 0 Å². The highest BCUT2D eigenvalue weighted by Gasteiger charge is 2.17. The number of rotatable bonds is 2. The van der Waals surface area contributed by atoms with E-state index in [4.69, 9.17) is 12.2 Å². The summed E-state index contributed by atoms with van der Waals surface area (Å²) in [6.45, 7) is 3.40. The van der Waals surface area contributed by atoms with Crippen LogP contribution in [-0.2, 0) is 0 Å². The average Bonchev–Trinajstić information content (AvgIpc) is 2.16. The maximum atomic E-state index is 5.02. The van der Waals surface area contributed by atoms with Gasteiger partial charge in [-0.3, -0.25) is 0 Å². The van der Waals surface area contributed by atoms with Crippen molar-refractivity contribution in [3.8, 4) is 0 Å². The van der Waals surface area contributed by atoms with Crippen LogP contribution < -0.4 is 10.6 Å². The first kappa shape index (κ1) is 10.8. The third-order valence-corrected chi connectivity index (χ3v) is 3.26. The normalized spacial score (nSPS) is 28.2. The lowest BCUT2D eigenvalue weighted by Gasteiger charge is -2.26. The van der Waals surface area contributed by atoms with E-state index in [1.165, 1.54) is 25.7 Å². The van der Waals surface area contributed by atoms with Crippen molar-refractivity contribution in [2.45, 2.75) is 32.6 Å². The van der Waals surface area contributed by atoms with Gasteiger partial charge in [-0.05, 0) is 36.9 Å². The Bertz CT molecular complexity index is 162. The Morgan fingerprint density at radius 1 is 1.31 bits per heavy atom. The molecule has 0 aromatic carbocycles. The number of hydrogen-bond donors (Lipinski definition) is 2. The van der Waals surface area contributed by atoms with Gasteiger partial charge in [0.15, 0.2) is 5.11 Å². The molecule has 1 fully saturated rings. The van der Waals surface area contributed by atoms with E-state index in [0.29, 0.717) is 0 Å². The zero-order chi connectivity index (χ0) is 9.68. The van der Waals surface area contributed by atoms with Crippen LogP contribution in [0.25, 0.3) is 0 Å². The van der Waals surface area contributed by atoms with E-state index in [2.05, 4.69) is 17.6 Å². The largest absolute Gasteiger partial charge is 0.366 e. The van der Waals surface area contributed by atoms with Crippen LogP contribution in [0.2, 0.25) is 0 Å². The first-order chi connectivity index (χ1) is 6.22. The van der Waals surface area contributed by atoms with Crippen LogP contribution in [0, 0.1) is 11.8 Å². The monoisotopic (exact) mass is 200 g/mol. The molecule has 0 aliphatic heterocycles. The Balaban J connectivity index is 2.12. The van der Waals surface area contributed by atoms with Crippen molar-refractivity contribution in [1.82, 2.24) is 10.6 Å². The van der Waals surface area contributed by atoms with E-state index in [-0.39, 0.29) is 0 Å². The smallest absolute Gasteiger partial charge is 0.166 e. The van der Waals surface area contributed by atoms with Crippen LogP contribution >= 0.6 is 12.2 Å². The third-order valence-electron chi connectivity index (χ3n) is 2.91. The van der Waals surface area contributed by atoms with E-state index >= 15 is 0 Å². The molecule has 2 nitrogen and oxygen atoms in total. The van der Waals surface area contributed by atoms with Crippen LogP contribution in [0.1, 0.15) is 32.6 Å². The summed E-state index contributed by atoms with van der Waals surface area (Å²) in [5.41, 5.74) is 0. The molecule has 13 heavy (non-hydrogen) atoms. The second-order valence-electron chi connectivity index (χ2n) is 4.09. The lowest BCUT2D eigenvalue weighted by atomic mass is 9.83. The van der Waals surface area contributed by atoms with Crippen LogP contribution in [-0.4, -0.2) is 18.7 Å². The molecule has 0 aromatic rings. The molecule has 0 aromatic heterocycles. The van der Waals surface area contributed by atoms with E-state index in [9.17, 15) is 0 Å². The summed E-state index contributed by atoms with van der Waals surface area (Å²) < 4.78 is 0. The van der Waals surface area contributed by atoms with Crippen LogP contribution in [0.15, 0.2) is 0 Å². The molecule has 2 N–H and O–H groups in total. The topological polar surface area (TPSA) is 24.1 Å². The first-order valence-corrected chi connectivity index (χ1v) is 5.58. The number of hydrogen-bond acceptors (Lipinski definition) is 1. The highest BCUT2D eigenvalue weighted by Crippen LogP contribution is 2.27. The van der Waals surface area contributed by atoms with Gasteiger partial charge in [-0.25, -0.2) is 0 Å². The van der Waals surface area contributed by atoms with Gasteiger partial charge in [-0.2, -0.15) is 0 Å². The van der Waals surface area contributed by atoms with Crippen LogP contribution in [0.3, 0.4) is 0 Å². The molecule has 0 heterocycles. The Morgan fingerprint density at radius 3 is 2.46 bits per heavy atom. The Hall–Kier alpha value is -0.310. The van der Waals surface area contributed by atoms with Gasteiger partial charge in [-0.15, -0.1) is 0 Å². The van der Waals surface area contributed by atoms with Crippen molar-refractivity contribution < 1.29 is 0 Å². The zero-order valence-corrected chi connectivity index (χ0v) is 9.41. The zero-order valence-electron chi connectivity index (χ0n) is 8.60. The van der Waals surface area contributed by atoms with Crippen LogP contribution in [0.5, 0.6) is 0 Å². The van der Waals surface area contributed by atoms with Crippen molar-refractivity contribution in [2.75, 3.05) is 13.6 Å². The second kappa shape index (κ2) is 5.43. The number of nitrogens with one attached hydrogen (secondary N) is 2. The predicted octanol–water partition coefficient (Wildman–Crippen LogP) is 1.91. The summed E-state index contributed by atoms with van der Waals surface area (Å²) in [6.07, 6.45) is 5.50. The Morgan fingerprint density at radius 2 is 1.92 bits per heavy atom. The van der Waals surface area contributed by atoms with Crippen molar-refractivity contribution in [2.24, 2.45) is 11.8 Å². The van der Waals surface area contributed by atoms with Gasteiger partial charge in [0.25, 0.3) is 0 Å². The summed E-state index contributed by atoms with van der Waals surface area (Å²) in [4.78, 5) is 0. The van der Waals surface area contributed by atoms with Gasteiger partial charge in [0, 0.05) is 13.6 Å². The maximum Gasteiger partial charge on any atom is 0.166 e. The molecule has 0 unspecified atom stereocenters. The van der Waals surface area contributed by atoms with Gasteiger partial charge < -0.3 is 10.6 Å². The van der Waals surface area contributed by atoms with Crippen molar-refractivity contribution >= 4 is 17.3 Å². The fourth-order valence-electron chi connectivity index (χ4n) is 1.86. The highest BCUT2D eigenvalue weighted by atomic mass is 32.1. The summed E-state index contributed by atoms with van der Waals surface area (Å²) in [7, 11) is 1.86. The molecule has 1 saturated carbocycles. The van der Waals surface area contributed by atoms with Crippen molar-refractivity contribution in [3.63, 3.8) is 0 Å². The molecule has 0 bridgehead atoms. The minimum absolute atomic E-state index is 0.777. The standard InChI is InChI=1S/C10H20N2S/c1-8-3-5-9(6-4-8)7-12-10(13)11-2/h8-9H,3-7H2,1-2H3,(H2,11,12,13). The lowest BCUT2D eigenvalue weighted by Crippen LogP contribution is -2.36. The van der Waals surface area contributed by atoms with E-state index in [1.807, 2.05) is 7.05 Å². The van der Waals surface area contributed by atoms with E-state index in [1.54, 1.807) is 0 Å². The van der Waals surface area contributed by atoms with Gasteiger partial charge in [-0.1, -0.05) is 19.8 Å². The minimum atomic E-state index is 0.777. The lowest BCUT2D eigenvalue weighted by molar-refractivity contribution is 0.290. The quantitative estimate of drug-likeness (QED) is 0.666. The SMILES string of the molecule is CNC(=S)NCC1CCC(C)CC1. The Kier molecular flexibility index (Phi) is 4.50. The summed E-state index contributed by atoms with van der Waals surface area (Å²) >= 11 is 5.02. The maximum absolute atomic E-state index is 5.02. The van der Waals surface area contributed by atoms with Gasteiger partial charge in [0.2, 0.25) is 0 Å². The molecule has 1 rings (SSSR count). The van der Waals surface area contributed by atoms with Crippen molar-refractivity contribution in [3.05, 3.63) is 0 Å². The van der Waals surface area contributed by atoms with Gasteiger partial charge in [0.1, 0.15) is 0 Å². The number of thiocarbonyl (C=S) groups is 1. The molecule has 1 aliphatic carbocycles. The third kappa shape index (κ3) is 3.94. The molecule has 0 saturated heterocycles. The molecule has 0 spiro atoms. The Labute approximate surface area is 86.5 Å². The second-order valence-corrected chi connectivity index (χ2v) is 4.49. The molecule has 0 amide bonds. The molecule has 1 aliphatic rings. The first-order valence-electron chi connectivity index (χ1n) is 5.18. The molecule has 0 atom stereocenters. The molecular weight excluding hydrogens is 180 g/mol.